The molecule has 0 aliphatic rings. The summed E-state index contributed by atoms with van der Waals surface area (Å²) in [4.78, 5) is 13.7. The normalized spacial score (nSPS) is 12.8. The monoisotopic (exact) mass is 229 g/mol. The standard InChI is InChI=1S/C12H27N3O/c1-5-11(4)14-10-12(16)13-8-9-15(6-2)7-3/h11,14H,5-10H2,1-4H3,(H,13,16). The van der Waals surface area contributed by atoms with Crippen LogP contribution in [0, 0.1) is 0 Å². The summed E-state index contributed by atoms with van der Waals surface area (Å²) in [7, 11) is 0. The van der Waals surface area contributed by atoms with E-state index in [1.54, 1.807) is 0 Å². The van der Waals surface area contributed by atoms with E-state index in [-0.39, 0.29) is 5.91 Å². The molecule has 4 heteroatoms. The maximum atomic E-state index is 11.4. The number of hydrogen-bond acceptors (Lipinski definition) is 3. The summed E-state index contributed by atoms with van der Waals surface area (Å²) in [5.74, 6) is 0.0902. The van der Waals surface area contributed by atoms with Gasteiger partial charge in [0.05, 0.1) is 6.54 Å². The van der Waals surface area contributed by atoms with Crippen molar-refractivity contribution in [3.63, 3.8) is 0 Å². The Morgan fingerprint density at radius 3 is 2.38 bits per heavy atom. The smallest absolute Gasteiger partial charge is 0.234 e. The molecule has 0 saturated heterocycles. The molecule has 0 fully saturated rings. The summed E-state index contributed by atoms with van der Waals surface area (Å²) < 4.78 is 0. The van der Waals surface area contributed by atoms with Crippen molar-refractivity contribution in [1.82, 2.24) is 15.5 Å². The van der Waals surface area contributed by atoms with Crippen molar-refractivity contribution < 1.29 is 4.79 Å². The largest absolute Gasteiger partial charge is 0.354 e. The van der Waals surface area contributed by atoms with Crippen molar-refractivity contribution in [3.8, 4) is 0 Å². The SMILES string of the molecule is CCC(C)NCC(=O)NCCN(CC)CC. The number of nitrogens with one attached hydrogen (secondary N) is 2. The van der Waals surface area contributed by atoms with Crippen molar-refractivity contribution in [2.45, 2.75) is 40.2 Å². The summed E-state index contributed by atoms with van der Waals surface area (Å²) in [6.07, 6.45) is 1.05. The van der Waals surface area contributed by atoms with E-state index in [1.807, 2.05) is 0 Å². The van der Waals surface area contributed by atoms with E-state index in [1.165, 1.54) is 0 Å². The van der Waals surface area contributed by atoms with Crippen molar-refractivity contribution in [2.75, 3.05) is 32.7 Å². The van der Waals surface area contributed by atoms with Gasteiger partial charge in [-0.3, -0.25) is 4.79 Å². The molecule has 1 amide bonds. The molecule has 0 aromatic rings. The van der Waals surface area contributed by atoms with Crippen LogP contribution in [-0.2, 0) is 4.79 Å². The summed E-state index contributed by atoms with van der Waals surface area (Å²) >= 11 is 0. The molecule has 0 aromatic carbocycles. The zero-order valence-corrected chi connectivity index (χ0v) is 11.2. The molecule has 1 atom stereocenters. The second-order valence-electron chi connectivity index (χ2n) is 4.07. The van der Waals surface area contributed by atoms with Crippen LogP contribution in [0.1, 0.15) is 34.1 Å². The molecule has 2 N–H and O–H groups in total. The van der Waals surface area contributed by atoms with Crippen LogP contribution in [0.4, 0.5) is 0 Å². The van der Waals surface area contributed by atoms with Crippen LogP contribution in [0.15, 0.2) is 0 Å². The Morgan fingerprint density at radius 1 is 1.25 bits per heavy atom. The van der Waals surface area contributed by atoms with E-state index in [9.17, 15) is 4.79 Å². The first-order valence-electron chi connectivity index (χ1n) is 6.36. The maximum Gasteiger partial charge on any atom is 0.234 e. The van der Waals surface area contributed by atoms with Crippen LogP contribution in [0.25, 0.3) is 0 Å². The highest BCUT2D eigenvalue weighted by molar-refractivity contribution is 5.77. The minimum absolute atomic E-state index is 0.0902. The Kier molecular flexibility index (Phi) is 9.24. The van der Waals surface area contributed by atoms with Gasteiger partial charge in [-0.2, -0.15) is 0 Å². The molecule has 0 saturated carbocycles. The number of carbonyl (C=O) groups excluding carboxylic acids is 1. The van der Waals surface area contributed by atoms with Gasteiger partial charge in [-0.15, -0.1) is 0 Å². The lowest BCUT2D eigenvalue weighted by Crippen LogP contribution is -2.41. The number of rotatable bonds is 9. The van der Waals surface area contributed by atoms with Crippen molar-refractivity contribution in [1.29, 1.82) is 0 Å². The molecule has 0 aromatic heterocycles. The Hall–Kier alpha value is -0.610. The van der Waals surface area contributed by atoms with Gasteiger partial charge in [-0.1, -0.05) is 20.8 Å². The minimum Gasteiger partial charge on any atom is -0.354 e. The van der Waals surface area contributed by atoms with Crippen molar-refractivity contribution in [3.05, 3.63) is 0 Å². The maximum absolute atomic E-state index is 11.4. The third-order valence-electron chi connectivity index (χ3n) is 2.87. The molecule has 1 unspecified atom stereocenters. The minimum atomic E-state index is 0.0902. The highest BCUT2D eigenvalue weighted by Gasteiger charge is 2.04. The van der Waals surface area contributed by atoms with Crippen LogP contribution >= 0.6 is 0 Å². The molecule has 0 aliphatic heterocycles. The van der Waals surface area contributed by atoms with Gasteiger partial charge in [0.1, 0.15) is 0 Å². The van der Waals surface area contributed by atoms with Crippen LogP contribution in [0.5, 0.6) is 0 Å². The highest BCUT2D eigenvalue weighted by atomic mass is 16.1. The van der Waals surface area contributed by atoms with E-state index in [2.05, 4.69) is 43.2 Å². The third kappa shape index (κ3) is 7.65. The fourth-order valence-corrected chi connectivity index (χ4v) is 1.37. The predicted octanol–water partition coefficient (Wildman–Crippen LogP) is 0.833. The number of nitrogens with zero attached hydrogens (tertiary/aromatic N) is 1. The molecule has 0 bridgehead atoms. The first-order chi connectivity index (χ1) is 7.63. The zero-order chi connectivity index (χ0) is 12.4. The predicted molar refractivity (Wildman–Crippen MR) is 68.6 cm³/mol. The number of amides is 1. The second kappa shape index (κ2) is 9.60. The van der Waals surface area contributed by atoms with Gasteiger partial charge < -0.3 is 15.5 Å². The summed E-state index contributed by atoms with van der Waals surface area (Å²) in [5, 5.41) is 6.09. The highest BCUT2D eigenvalue weighted by Crippen LogP contribution is 1.86. The lowest BCUT2D eigenvalue weighted by atomic mass is 10.2. The van der Waals surface area contributed by atoms with Crippen LogP contribution in [0.2, 0.25) is 0 Å². The second-order valence-corrected chi connectivity index (χ2v) is 4.07. The molecule has 0 rings (SSSR count). The molecule has 16 heavy (non-hydrogen) atoms. The molecular weight excluding hydrogens is 202 g/mol. The summed E-state index contributed by atoms with van der Waals surface area (Å²) in [5.41, 5.74) is 0. The van der Waals surface area contributed by atoms with Crippen molar-refractivity contribution in [2.24, 2.45) is 0 Å². The Balaban J connectivity index is 3.50. The molecule has 4 nitrogen and oxygen atoms in total. The van der Waals surface area contributed by atoms with Gasteiger partial charge >= 0.3 is 0 Å². The van der Waals surface area contributed by atoms with Gasteiger partial charge in [0.25, 0.3) is 0 Å². The molecule has 96 valence electrons. The van der Waals surface area contributed by atoms with Crippen molar-refractivity contribution >= 4 is 5.91 Å². The zero-order valence-electron chi connectivity index (χ0n) is 11.2. The van der Waals surface area contributed by atoms with Gasteiger partial charge in [-0.05, 0) is 26.4 Å². The van der Waals surface area contributed by atoms with Gasteiger partial charge in [-0.25, -0.2) is 0 Å². The third-order valence-corrected chi connectivity index (χ3v) is 2.87. The van der Waals surface area contributed by atoms with E-state index >= 15 is 0 Å². The first kappa shape index (κ1) is 15.4. The number of carbonyl (C=O) groups is 1. The molecular formula is C12H27N3O. The van der Waals surface area contributed by atoms with Crippen LogP contribution < -0.4 is 10.6 Å². The van der Waals surface area contributed by atoms with Gasteiger partial charge in [0.15, 0.2) is 0 Å². The average molecular weight is 229 g/mol. The summed E-state index contributed by atoms with van der Waals surface area (Å²) in [6, 6.07) is 0.411. The lowest BCUT2D eigenvalue weighted by Gasteiger charge is -2.18. The Labute approximate surface area is 99.8 Å². The van der Waals surface area contributed by atoms with E-state index in [4.69, 9.17) is 0 Å². The Morgan fingerprint density at radius 2 is 1.88 bits per heavy atom. The summed E-state index contributed by atoms with van der Waals surface area (Å²) in [6.45, 7) is 12.6. The number of likely N-dealkylation sites (N-methyl/N-ethyl adjacent to an activating group) is 1. The number of hydrogen-bond donors (Lipinski definition) is 2. The van der Waals surface area contributed by atoms with Crippen LogP contribution in [-0.4, -0.2) is 49.6 Å². The van der Waals surface area contributed by atoms with E-state index in [0.29, 0.717) is 12.6 Å². The van der Waals surface area contributed by atoms with E-state index < -0.39 is 0 Å². The van der Waals surface area contributed by atoms with Crippen LogP contribution in [0.3, 0.4) is 0 Å². The fraction of sp³-hybridized carbons (Fsp3) is 0.917. The quantitative estimate of drug-likeness (QED) is 0.615. The van der Waals surface area contributed by atoms with Gasteiger partial charge in [0, 0.05) is 19.1 Å². The molecule has 0 aliphatic carbocycles. The van der Waals surface area contributed by atoms with E-state index in [0.717, 1.165) is 32.6 Å². The average Bonchev–Trinajstić information content (AvgIpc) is 2.31. The molecule has 0 spiro atoms. The molecule has 0 radical (unpaired) electrons. The lowest BCUT2D eigenvalue weighted by molar-refractivity contribution is -0.120. The topological polar surface area (TPSA) is 44.4 Å². The first-order valence-corrected chi connectivity index (χ1v) is 6.36. The Bertz CT molecular complexity index is 181. The van der Waals surface area contributed by atoms with Gasteiger partial charge in [0.2, 0.25) is 5.91 Å². The fourth-order valence-electron chi connectivity index (χ4n) is 1.37. The molecule has 0 heterocycles.